The van der Waals surface area contributed by atoms with Gasteiger partial charge in [0.2, 0.25) is 35.4 Å². The Kier molecular flexibility index (Phi) is 15.4. The lowest BCUT2D eigenvalue weighted by Gasteiger charge is -2.27. The maximum Gasteiger partial charge on any atom is 0.326 e. The molecule has 18 heteroatoms. The molecule has 2 aliphatic heterocycles. The van der Waals surface area contributed by atoms with Crippen molar-refractivity contribution in [3.8, 4) is 0 Å². The first kappa shape index (κ1) is 39.2. The van der Waals surface area contributed by atoms with Crippen LogP contribution in [0.25, 0.3) is 0 Å². The number of benzene rings is 1. The van der Waals surface area contributed by atoms with E-state index in [1.54, 1.807) is 30.3 Å². The van der Waals surface area contributed by atoms with Crippen LogP contribution < -0.4 is 43.4 Å². The van der Waals surface area contributed by atoms with Crippen LogP contribution in [0, 0.1) is 0 Å². The first-order chi connectivity index (χ1) is 23.8. The van der Waals surface area contributed by atoms with Crippen LogP contribution in [0.1, 0.15) is 51.0 Å². The van der Waals surface area contributed by atoms with E-state index in [0.717, 1.165) is 13.0 Å². The number of nitrogens with two attached hydrogens (primary N) is 2. The molecule has 11 N–H and O–H groups in total. The Labute approximate surface area is 289 Å². The minimum absolute atomic E-state index is 0.0351. The number of likely N-dealkylation sites (tertiary alicyclic amines) is 1. The molecule has 50 heavy (non-hydrogen) atoms. The van der Waals surface area contributed by atoms with E-state index in [9.17, 15) is 38.7 Å². The lowest BCUT2D eigenvalue weighted by Crippen LogP contribution is -2.55. The first-order valence-corrected chi connectivity index (χ1v) is 16.7. The predicted molar refractivity (Wildman–Crippen MR) is 181 cm³/mol. The summed E-state index contributed by atoms with van der Waals surface area (Å²) < 4.78 is 0. The van der Waals surface area contributed by atoms with Crippen molar-refractivity contribution in [2.45, 2.75) is 82.1 Å². The van der Waals surface area contributed by atoms with E-state index in [-0.39, 0.29) is 50.3 Å². The number of hydrogen-bond acceptors (Lipinski definition) is 9. The molecule has 0 unspecified atom stereocenters. The Balaban J connectivity index is 1.55. The number of aliphatic carboxylic acids is 1. The zero-order valence-electron chi connectivity index (χ0n) is 28.1. The summed E-state index contributed by atoms with van der Waals surface area (Å²) in [6.45, 7) is 1.69. The van der Waals surface area contributed by atoms with Gasteiger partial charge in [-0.3, -0.25) is 33.8 Å². The smallest absolute Gasteiger partial charge is 0.326 e. The molecule has 0 aliphatic carbocycles. The third-order valence-corrected chi connectivity index (χ3v) is 8.34. The standard InChI is InChI=1S/C32H48N10O8/c1-19(39-29(47)21-10-5-13-35-21)27(45)38-18-26(44)42-15-7-12-24(42)30(48)41-22(11-6-14-36-32(33)34)28(46)37-17-25(43)40-23(31(49)50)16-20-8-3-2-4-9-20/h2-4,8-9,19,21-24,35H,5-7,10-18H2,1H3,(H,37,46)(H,38,45)(H,39,47)(H,40,43)(H,41,48)(H,49,50)(H4,33,34,36)/t19-,21-,22-,23-,24-/m0/s1. The fraction of sp³-hybridized carbons (Fsp3) is 0.562. The third-order valence-electron chi connectivity index (χ3n) is 8.34. The molecule has 0 bridgehead atoms. The number of carbonyl (C=O) groups excluding carboxylic acids is 6. The fourth-order valence-corrected chi connectivity index (χ4v) is 5.67. The number of carboxylic acid groups (broad SMARTS) is 1. The zero-order chi connectivity index (χ0) is 36.6. The fourth-order valence-electron chi connectivity index (χ4n) is 5.67. The van der Waals surface area contributed by atoms with Crippen LogP contribution in [0.2, 0.25) is 0 Å². The average Bonchev–Trinajstić information content (AvgIpc) is 3.81. The Morgan fingerprint density at radius 3 is 2.30 bits per heavy atom. The average molecular weight is 701 g/mol. The summed E-state index contributed by atoms with van der Waals surface area (Å²) >= 11 is 0. The molecule has 3 rings (SSSR count). The SMILES string of the molecule is C[C@H](NC(=O)[C@@H]1CCCN1)C(=O)NCC(=O)N1CCC[C@H]1C(=O)N[C@@H](CCCN=C(N)N)C(=O)NCC(=O)N[C@@H](Cc1ccccc1)C(=O)O. The second-order valence-electron chi connectivity index (χ2n) is 12.2. The molecule has 2 saturated heterocycles. The van der Waals surface area contributed by atoms with Crippen LogP contribution in [0.4, 0.5) is 0 Å². The number of carbonyl (C=O) groups is 7. The molecule has 2 fully saturated rings. The quantitative estimate of drug-likeness (QED) is 0.0418. The van der Waals surface area contributed by atoms with Crippen LogP contribution in [0.15, 0.2) is 35.3 Å². The highest BCUT2D eigenvalue weighted by molar-refractivity contribution is 5.95. The summed E-state index contributed by atoms with van der Waals surface area (Å²) in [7, 11) is 0. The summed E-state index contributed by atoms with van der Waals surface area (Å²) in [5.41, 5.74) is 11.5. The van der Waals surface area contributed by atoms with Crippen molar-refractivity contribution in [2.75, 3.05) is 32.7 Å². The van der Waals surface area contributed by atoms with Crippen molar-refractivity contribution in [1.29, 1.82) is 0 Å². The van der Waals surface area contributed by atoms with Crippen molar-refractivity contribution in [3.63, 3.8) is 0 Å². The Morgan fingerprint density at radius 2 is 1.64 bits per heavy atom. The number of amides is 6. The summed E-state index contributed by atoms with van der Waals surface area (Å²) in [5.74, 6) is -4.81. The van der Waals surface area contributed by atoms with E-state index >= 15 is 0 Å². The summed E-state index contributed by atoms with van der Waals surface area (Å²) in [5, 5.41) is 25.3. The molecule has 0 spiro atoms. The topological polar surface area (TPSA) is 280 Å². The van der Waals surface area contributed by atoms with Crippen molar-refractivity contribution < 1.29 is 38.7 Å². The third kappa shape index (κ3) is 12.6. The van der Waals surface area contributed by atoms with Crippen LogP contribution in [-0.4, -0.2) is 120 Å². The first-order valence-electron chi connectivity index (χ1n) is 16.7. The highest BCUT2D eigenvalue weighted by Gasteiger charge is 2.36. The van der Waals surface area contributed by atoms with Gasteiger partial charge in [0.05, 0.1) is 19.1 Å². The van der Waals surface area contributed by atoms with Gasteiger partial charge < -0.3 is 53.4 Å². The van der Waals surface area contributed by atoms with E-state index < -0.39 is 72.8 Å². The Hall–Kier alpha value is -5.26. The van der Waals surface area contributed by atoms with Gasteiger partial charge in [-0.05, 0) is 57.6 Å². The summed E-state index contributed by atoms with van der Waals surface area (Å²) in [4.78, 5) is 94.1. The van der Waals surface area contributed by atoms with Crippen molar-refractivity contribution in [3.05, 3.63) is 35.9 Å². The minimum atomic E-state index is -1.24. The van der Waals surface area contributed by atoms with Crippen LogP contribution >= 0.6 is 0 Å². The van der Waals surface area contributed by atoms with Crippen molar-refractivity contribution in [2.24, 2.45) is 16.5 Å². The van der Waals surface area contributed by atoms with Gasteiger partial charge in [0.25, 0.3) is 0 Å². The molecule has 5 atom stereocenters. The molecule has 2 aliphatic rings. The van der Waals surface area contributed by atoms with Crippen LogP contribution in [0.5, 0.6) is 0 Å². The maximum absolute atomic E-state index is 13.4. The van der Waals surface area contributed by atoms with Gasteiger partial charge in [0, 0.05) is 19.5 Å². The van der Waals surface area contributed by atoms with E-state index in [1.807, 2.05) is 0 Å². The molecule has 18 nitrogen and oxygen atoms in total. The van der Waals surface area contributed by atoms with Crippen molar-refractivity contribution >= 4 is 47.4 Å². The van der Waals surface area contributed by atoms with Gasteiger partial charge in [-0.25, -0.2) is 4.79 Å². The zero-order valence-corrected chi connectivity index (χ0v) is 28.1. The Bertz CT molecular complexity index is 1400. The van der Waals surface area contributed by atoms with Crippen LogP contribution in [0.3, 0.4) is 0 Å². The van der Waals surface area contributed by atoms with E-state index in [4.69, 9.17) is 11.5 Å². The molecule has 2 heterocycles. The largest absolute Gasteiger partial charge is 0.480 e. The second kappa shape index (κ2) is 19.7. The number of guanidine groups is 1. The van der Waals surface area contributed by atoms with E-state index in [1.165, 1.54) is 11.8 Å². The Morgan fingerprint density at radius 1 is 0.920 bits per heavy atom. The lowest BCUT2D eigenvalue weighted by atomic mass is 10.1. The van der Waals surface area contributed by atoms with Gasteiger partial charge in [0.15, 0.2) is 5.96 Å². The molecule has 274 valence electrons. The molecule has 1 aromatic rings. The second-order valence-corrected chi connectivity index (χ2v) is 12.2. The monoisotopic (exact) mass is 700 g/mol. The van der Waals surface area contributed by atoms with Gasteiger partial charge in [-0.1, -0.05) is 30.3 Å². The number of carboxylic acids is 1. The number of rotatable bonds is 18. The van der Waals surface area contributed by atoms with Gasteiger partial charge in [0.1, 0.15) is 24.2 Å². The lowest BCUT2D eigenvalue weighted by molar-refractivity contribution is -0.141. The predicted octanol–water partition coefficient (Wildman–Crippen LogP) is -3.18. The van der Waals surface area contributed by atoms with Gasteiger partial charge >= 0.3 is 5.97 Å². The summed E-state index contributed by atoms with van der Waals surface area (Å²) in [6, 6.07) is 4.20. The summed E-state index contributed by atoms with van der Waals surface area (Å²) in [6.07, 6.45) is 2.76. The molecule has 0 aromatic heterocycles. The molecule has 0 radical (unpaired) electrons. The van der Waals surface area contributed by atoms with Crippen molar-refractivity contribution in [1.82, 2.24) is 36.8 Å². The van der Waals surface area contributed by atoms with Gasteiger partial charge in [-0.2, -0.15) is 0 Å². The molecule has 0 saturated carbocycles. The molecule has 6 amide bonds. The molecular weight excluding hydrogens is 652 g/mol. The highest BCUT2D eigenvalue weighted by atomic mass is 16.4. The van der Waals surface area contributed by atoms with Crippen LogP contribution in [-0.2, 0) is 40.0 Å². The number of hydrogen-bond donors (Lipinski definition) is 9. The maximum atomic E-state index is 13.4. The minimum Gasteiger partial charge on any atom is -0.480 e. The number of nitrogens with one attached hydrogen (secondary N) is 6. The molecule has 1 aromatic carbocycles. The highest BCUT2D eigenvalue weighted by Crippen LogP contribution is 2.18. The van der Waals surface area contributed by atoms with E-state index in [2.05, 4.69) is 36.9 Å². The van der Waals surface area contributed by atoms with Gasteiger partial charge in [-0.15, -0.1) is 0 Å². The number of nitrogens with zero attached hydrogens (tertiary/aromatic N) is 2. The normalized spacial score (nSPS) is 18.5. The number of aliphatic imine (C=N–C) groups is 1. The molecular formula is C32H48N10O8. The van der Waals surface area contributed by atoms with E-state index in [0.29, 0.717) is 24.8 Å².